The fourth-order valence-corrected chi connectivity index (χ4v) is 3.98. The Bertz CT molecular complexity index is 1180. The lowest BCUT2D eigenvalue weighted by molar-refractivity contribution is 0.0835. The van der Waals surface area contributed by atoms with E-state index in [2.05, 4.69) is 35.5 Å². The normalized spacial score (nSPS) is 16.2. The third-order valence-electron chi connectivity index (χ3n) is 5.33. The summed E-state index contributed by atoms with van der Waals surface area (Å²) < 4.78 is 5.23. The molecule has 0 spiro atoms. The molecule has 0 aliphatic carbocycles. The first kappa shape index (κ1) is 16.6. The average molecular weight is 369 g/mol. The molecule has 0 unspecified atom stereocenters. The van der Waals surface area contributed by atoms with Crippen molar-refractivity contribution in [1.82, 2.24) is 0 Å². The number of hydrogen-bond acceptors (Lipinski definition) is 4. The van der Waals surface area contributed by atoms with Crippen LogP contribution in [0.15, 0.2) is 78.0 Å². The van der Waals surface area contributed by atoms with E-state index in [0.717, 1.165) is 22.0 Å². The summed E-state index contributed by atoms with van der Waals surface area (Å²) in [5.41, 5.74) is 2.67. The summed E-state index contributed by atoms with van der Waals surface area (Å²) in [6, 6.07) is 24.3. The van der Waals surface area contributed by atoms with Crippen LogP contribution in [0.3, 0.4) is 0 Å². The van der Waals surface area contributed by atoms with Crippen LogP contribution < -0.4 is 4.74 Å². The van der Waals surface area contributed by atoms with Gasteiger partial charge in [-0.05, 0) is 33.7 Å². The zero-order valence-electron chi connectivity index (χ0n) is 15.4. The molecule has 4 nitrogen and oxygen atoms in total. The van der Waals surface area contributed by atoms with E-state index in [1.54, 1.807) is 13.2 Å². The molecule has 0 saturated heterocycles. The molecule has 4 heteroatoms. The van der Waals surface area contributed by atoms with Gasteiger partial charge in [0.25, 0.3) is 0 Å². The van der Waals surface area contributed by atoms with Gasteiger partial charge in [0.15, 0.2) is 17.6 Å². The third kappa shape index (κ3) is 2.57. The quantitative estimate of drug-likeness (QED) is 0.480. The highest BCUT2D eigenvalue weighted by Crippen LogP contribution is 2.41. The van der Waals surface area contributed by atoms with Gasteiger partial charge in [-0.3, -0.25) is 0 Å². The summed E-state index contributed by atoms with van der Waals surface area (Å²) in [6.45, 7) is 0. The Kier molecular flexibility index (Phi) is 3.90. The Hall–Kier alpha value is -3.53. The molecule has 4 aromatic rings. The number of para-hydroxylation sites is 1. The van der Waals surface area contributed by atoms with E-state index in [1.807, 2.05) is 36.4 Å². The maximum atomic E-state index is 10.5. The molecule has 1 aliphatic heterocycles. The highest BCUT2D eigenvalue weighted by Gasteiger charge is 2.29. The number of rotatable bonds is 3. The van der Waals surface area contributed by atoms with E-state index in [-0.39, 0.29) is 11.9 Å². The van der Waals surface area contributed by atoms with Gasteiger partial charge in [-0.1, -0.05) is 65.8 Å². The molecule has 4 aromatic carbocycles. The van der Waals surface area contributed by atoms with Crippen molar-refractivity contribution >= 4 is 27.3 Å². The van der Waals surface area contributed by atoms with Gasteiger partial charge >= 0.3 is 0 Å². The van der Waals surface area contributed by atoms with Crippen LogP contribution in [-0.4, -0.2) is 17.9 Å². The van der Waals surface area contributed by atoms with Crippen LogP contribution in [0.5, 0.6) is 11.5 Å². The molecule has 1 atom stereocenters. The zero-order valence-corrected chi connectivity index (χ0v) is 15.4. The van der Waals surface area contributed by atoms with Gasteiger partial charge in [-0.15, -0.1) is 0 Å². The number of fused-ring (bicyclic) bond motifs is 2. The topological polar surface area (TPSA) is 51.0 Å². The molecule has 0 radical (unpaired) electrons. The smallest absolute Gasteiger partial charge is 0.164 e. The minimum absolute atomic E-state index is 0.106. The molecule has 0 saturated carbocycles. The maximum Gasteiger partial charge on any atom is 0.164 e. The summed E-state index contributed by atoms with van der Waals surface area (Å²) in [5, 5.41) is 19.6. The molecule has 0 aromatic heterocycles. The Labute approximate surface area is 162 Å². The molecule has 1 heterocycles. The summed E-state index contributed by atoms with van der Waals surface area (Å²) in [4.78, 5) is 5.76. The van der Waals surface area contributed by atoms with Crippen molar-refractivity contribution in [2.75, 3.05) is 7.11 Å². The number of phenols is 1. The fourth-order valence-electron chi connectivity index (χ4n) is 3.98. The largest absolute Gasteiger partial charge is 0.504 e. The maximum absolute atomic E-state index is 10.5. The molecule has 0 fully saturated rings. The van der Waals surface area contributed by atoms with Crippen molar-refractivity contribution in [3.63, 3.8) is 0 Å². The first-order valence-electron chi connectivity index (χ1n) is 9.25. The number of hydrogen-bond donors (Lipinski definition) is 1. The van der Waals surface area contributed by atoms with Gasteiger partial charge in [0.05, 0.1) is 12.8 Å². The van der Waals surface area contributed by atoms with Crippen LogP contribution in [-0.2, 0) is 4.84 Å². The molecule has 0 bridgehead atoms. The second kappa shape index (κ2) is 6.57. The standard InChI is InChI=1S/C24H19NO3/c1-27-21-12-6-11-19(24(21)26)22-14-20(25-28-22)23-17-9-4-2-7-15(17)13-16-8-3-5-10-18(16)23/h2-13,22,26H,14H2,1H3/t22-/m0/s1. The Morgan fingerprint density at radius 1 is 0.929 bits per heavy atom. The van der Waals surface area contributed by atoms with Gasteiger partial charge in [-0.25, -0.2) is 0 Å². The second-order valence-electron chi connectivity index (χ2n) is 6.93. The molecule has 1 aliphatic rings. The second-order valence-corrected chi connectivity index (χ2v) is 6.93. The third-order valence-corrected chi connectivity index (χ3v) is 5.33. The fraction of sp³-hybridized carbons (Fsp3) is 0.125. The summed E-state index contributed by atoms with van der Waals surface area (Å²) >= 11 is 0. The first-order valence-corrected chi connectivity index (χ1v) is 9.25. The molecule has 5 rings (SSSR count). The Balaban J connectivity index is 1.62. The first-order chi connectivity index (χ1) is 13.8. The number of phenolic OH excluding ortho intramolecular Hbond substituents is 1. The molecule has 28 heavy (non-hydrogen) atoms. The van der Waals surface area contributed by atoms with E-state index in [4.69, 9.17) is 9.57 Å². The van der Waals surface area contributed by atoms with Crippen molar-refractivity contribution in [3.05, 3.63) is 83.9 Å². The van der Waals surface area contributed by atoms with Crippen LogP contribution in [0, 0.1) is 0 Å². The lowest BCUT2D eigenvalue weighted by Crippen LogP contribution is -2.04. The van der Waals surface area contributed by atoms with Gasteiger partial charge in [0, 0.05) is 17.5 Å². The highest BCUT2D eigenvalue weighted by molar-refractivity contribution is 6.21. The number of methoxy groups -OCH3 is 1. The van der Waals surface area contributed by atoms with E-state index < -0.39 is 0 Å². The van der Waals surface area contributed by atoms with Crippen molar-refractivity contribution < 1.29 is 14.7 Å². The Morgan fingerprint density at radius 3 is 2.29 bits per heavy atom. The summed E-state index contributed by atoms with van der Waals surface area (Å²) in [6.07, 6.45) is 0.237. The lowest BCUT2D eigenvalue weighted by Gasteiger charge is -2.13. The minimum atomic E-state index is -0.345. The van der Waals surface area contributed by atoms with Gasteiger partial charge in [0.1, 0.15) is 0 Å². The molecule has 0 amide bonds. The van der Waals surface area contributed by atoms with Crippen molar-refractivity contribution in [1.29, 1.82) is 0 Å². The molecule has 1 N–H and O–H groups in total. The van der Waals surface area contributed by atoms with Crippen LogP contribution in [0.4, 0.5) is 0 Å². The van der Waals surface area contributed by atoms with Crippen LogP contribution >= 0.6 is 0 Å². The molecular weight excluding hydrogens is 350 g/mol. The van der Waals surface area contributed by atoms with Crippen LogP contribution in [0.1, 0.15) is 23.7 Å². The summed E-state index contributed by atoms with van der Waals surface area (Å²) in [7, 11) is 1.54. The van der Waals surface area contributed by atoms with Crippen molar-refractivity contribution in [2.45, 2.75) is 12.5 Å². The average Bonchev–Trinajstić information content (AvgIpc) is 3.21. The SMILES string of the molecule is COc1cccc([C@@H]2CC(c3c4ccccc4cc4ccccc34)=NO2)c1O. The number of ether oxygens (including phenoxy) is 1. The minimum Gasteiger partial charge on any atom is -0.504 e. The molecular formula is C24H19NO3. The van der Waals surface area contributed by atoms with Crippen molar-refractivity contribution in [2.24, 2.45) is 5.16 Å². The van der Waals surface area contributed by atoms with Gasteiger partial charge in [-0.2, -0.15) is 0 Å². The number of oxime groups is 1. The van der Waals surface area contributed by atoms with E-state index in [0.29, 0.717) is 17.7 Å². The lowest BCUT2D eigenvalue weighted by atomic mass is 9.91. The Morgan fingerprint density at radius 2 is 1.61 bits per heavy atom. The monoisotopic (exact) mass is 369 g/mol. The van der Waals surface area contributed by atoms with Crippen molar-refractivity contribution in [3.8, 4) is 11.5 Å². The number of nitrogens with zero attached hydrogens (tertiary/aromatic N) is 1. The summed E-state index contributed by atoms with van der Waals surface area (Å²) in [5.74, 6) is 0.541. The van der Waals surface area contributed by atoms with E-state index >= 15 is 0 Å². The predicted molar refractivity (Wildman–Crippen MR) is 111 cm³/mol. The van der Waals surface area contributed by atoms with Gasteiger partial charge in [0.2, 0.25) is 0 Å². The zero-order chi connectivity index (χ0) is 19.1. The molecule has 138 valence electrons. The van der Waals surface area contributed by atoms with Crippen LogP contribution in [0.2, 0.25) is 0 Å². The highest BCUT2D eigenvalue weighted by atomic mass is 16.6. The van der Waals surface area contributed by atoms with Crippen LogP contribution in [0.25, 0.3) is 21.5 Å². The predicted octanol–water partition coefficient (Wildman–Crippen LogP) is 5.57. The number of benzene rings is 4. The number of aromatic hydroxyl groups is 1. The van der Waals surface area contributed by atoms with Gasteiger partial charge < -0.3 is 14.7 Å². The van der Waals surface area contributed by atoms with E-state index in [1.165, 1.54) is 10.8 Å². The van der Waals surface area contributed by atoms with E-state index in [9.17, 15) is 5.11 Å².